The fourth-order valence-corrected chi connectivity index (χ4v) is 6.39. The highest BCUT2D eigenvalue weighted by Gasteiger charge is 2.37. The van der Waals surface area contributed by atoms with Gasteiger partial charge in [0.25, 0.3) is 0 Å². The number of tetrazole rings is 1. The number of nitrogens with zero attached hydrogens (tertiary/aromatic N) is 4. The van der Waals surface area contributed by atoms with E-state index in [2.05, 4.69) is 25.9 Å². The Morgan fingerprint density at radius 3 is 2.41 bits per heavy atom. The molecule has 0 bridgehead atoms. The Kier molecular flexibility index (Phi) is 5.39. The summed E-state index contributed by atoms with van der Waals surface area (Å²) in [5, 5.41) is 35.6. The van der Waals surface area contributed by atoms with Crippen LogP contribution in [-0.4, -0.2) is 91.7 Å². The standard InChI is InChI=1S/C15H20N6O6S2/c22-8-3-9(23)7-21(6-8)11-1-2-12(29(26,27)10-4-16-5-10)14(28(24)25)13(11)15-17-19-20-18-15/h1-2,8-10,16,22-23H,3-7H2,(H,24,25)(H,17,18,19,20)/p-1/t8-,9-/m1/s1. The number of nitrogens with one attached hydrogen (secondary N) is 2. The maximum absolute atomic E-state index is 13.0. The molecule has 4 rings (SSSR count). The Balaban J connectivity index is 1.94. The zero-order valence-electron chi connectivity index (χ0n) is 15.1. The summed E-state index contributed by atoms with van der Waals surface area (Å²) < 4.78 is 50.4. The van der Waals surface area contributed by atoms with Crippen LogP contribution in [0.4, 0.5) is 5.69 Å². The number of hydrogen-bond donors (Lipinski definition) is 4. The van der Waals surface area contributed by atoms with Gasteiger partial charge in [-0.2, -0.15) is 5.21 Å². The minimum absolute atomic E-state index is 0.0401. The van der Waals surface area contributed by atoms with Crippen molar-refractivity contribution in [3.05, 3.63) is 12.1 Å². The lowest BCUT2D eigenvalue weighted by Gasteiger charge is -2.36. The average Bonchev–Trinajstić information content (AvgIpc) is 3.11. The molecule has 14 heteroatoms. The molecular formula is C15H19N6O6S2-. The van der Waals surface area contributed by atoms with Gasteiger partial charge in [-0.1, -0.05) is 0 Å². The lowest BCUT2D eigenvalue weighted by molar-refractivity contribution is 0.0651. The summed E-state index contributed by atoms with van der Waals surface area (Å²) in [6.07, 6.45) is -1.47. The van der Waals surface area contributed by atoms with E-state index in [9.17, 15) is 27.4 Å². The first-order chi connectivity index (χ1) is 13.8. The normalized spacial score (nSPS) is 24.3. The van der Waals surface area contributed by atoms with Gasteiger partial charge in [0.2, 0.25) is 5.82 Å². The summed E-state index contributed by atoms with van der Waals surface area (Å²) >= 11 is -2.93. The van der Waals surface area contributed by atoms with Gasteiger partial charge in [0, 0.05) is 38.3 Å². The number of aromatic amines is 1. The first kappa shape index (κ1) is 20.3. The molecule has 3 heterocycles. The lowest BCUT2D eigenvalue weighted by atomic mass is 10.0. The lowest BCUT2D eigenvalue weighted by Crippen LogP contribution is -2.51. The van der Waals surface area contributed by atoms with E-state index in [4.69, 9.17) is 0 Å². The van der Waals surface area contributed by atoms with Crippen LogP contribution in [0.5, 0.6) is 0 Å². The van der Waals surface area contributed by atoms with Crippen LogP contribution in [0, 0.1) is 0 Å². The van der Waals surface area contributed by atoms with Crippen molar-refractivity contribution < 1.29 is 27.4 Å². The number of aliphatic hydroxyl groups excluding tert-OH is 2. The van der Waals surface area contributed by atoms with Gasteiger partial charge in [-0.15, -0.1) is 10.2 Å². The van der Waals surface area contributed by atoms with Gasteiger partial charge >= 0.3 is 0 Å². The quantitative estimate of drug-likeness (QED) is 0.367. The average molecular weight is 443 g/mol. The highest BCUT2D eigenvalue weighted by molar-refractivity contribution is 7.92. The van der Waals surface area contributed by atoms with E-state index in [1.54, 1.807) is 4.90 Å². The van der Waals surface area contributed by atoms with Gasteiger partial charge in [-0.3, -0.25) is 4.21 Å². The fourth-order valence-electron chi connectivity index (χ4n) is 3.59. The van der Waals surface area contributed by atoms with Crippen molar-refractivity contribution in [1.29, 1.82) is 0 Å². The van der Waals surface area contributed by atoms with Crippen LogP contribution in [0.25, 0.3) is 11.4 Å². The predicted octanol–water partition coefficient (Wildman–Crippen LogP) is -2.22. The van der Waals surface area contributed by atoms with E-state index in [1.807, 2.05) is 0 Å². The smallest absolute Gasteiger partial charge is 0.207 e. The van der Waals surface area contributed by atoms with Crippen LogP contribution in [0.1, 0.15) is 6.42 Å². The summed E-state index contributed by atoms with van der Waals surface area (Å²) in [7, 11) is -3.92. The molecule has 2 aromatic rings. The van der Waals surface area contributed by atoms with E-state index in [0.717, 1.165) is 0 Å². The van der Waals surface area contributed by atoms with Gasteiger partial charge in [0.1, 0.15) is 0 Å². The fraction of sp³-hybridized carbons (Fsp3) is 0.533. The maximum atomic E-state index is 13.0. The van der Waals surface area contributed by atoms with Crippen molar-refractivity contribution in [3.8, 4) is 11.4 Å². The van der Waals surface area contributed by atoms with E-state index in [-0.39, 0.29) is 54.6 Å². The van der Waals surface area contributed by atoms with Crippen molar-refractivity contribution in [2.45, 2.75) is 33.7 Å². The topological polar surface area (TPSA) is 184 Å². The summed E-state index contributed by atoms with van der Waals surface area (Å²) in [5.41, 5.74) is 0.246. The molecule has 0 aliphatic carbocycles. The largest absolute Gasteiger partial charge is 0.768 e. The van der Waals surface area contributed by atoms with Gasteiger partial charge in [0.15, 0.2) is 9.84 Å². The van der Waals surface area contributed by atoms with Crippen molar-refractivity contribution in [3.63, 3.8) is 0 Å². The Morgan fingerprint density at radius 2 is 1.90 bits per heavy atom. The SMILES string of the molecule is O=S([O-])c1c(S(=O)(=O)C2CNC2)ccc(N2C[C@H](O)C[C@@H](O)C2)c1-c1nn[nH]n1. The molecule has 4 N–H and O–H groups in total. The first-order valence-corrected chi connectivity index (χ1v) is 11.5. The molecule has 0 spiro atoms. The zero-order chi connectivity index (χ0) is 20.8. The molecular weight excluding hydrogens is 424 g/mol. The molecule has 2 aliphatic rings. The Labute approximate surface area is 168 Å². The zero-order valence-corrected chi connectivity index (χ0v) is 16.7. The van der Waals surface area contributed by atoms with Crippen LogP contribution in [-0.2, 0) is 20.9 Å². The third-order valence-corrected chi connectivity index (χ3v) is 8.12. The van der Waals surface area contributed by atoms with Crippen LogP contribution in [0.3, 0.4) is 0 Å². The predicted molar refractivity (Wildman–Crippen MR) is 99.5 cm³/mol. The van der Waals surface area contributed by atoms with Crippen molar-refractivity contribution in [2.24, 2.45) is 0 Å². The van der Waals surface area contributed by atoms with Crippen LogP contribution >= 0.6 is 0 Å². The van der Waals surface area contributed by atoms with Crippen molar-refractivity contribution in [1.82, 2.24) is 25.9 Å². The second-order valence-electron chi connectivity index (χ2n) is 7.03. The monoisotopic (exact) mass is 443 g/mol. The molecule has 12 nitrogen and oxygen atoms in total. The molecule has 2 saturated heterocycles. The summed E-state index contributed by atoms with van der Waals surface area (Å²) in [6, 6.07) is 2.69. The molecule has 29 heavy (non-hydrogen) atoms. The number of H-pyrrole nitrogens is 1. The Hall–Kier alpha value is -1.97. The second-order valence-corrected chi connectivity index (χ2v) is 10.1. The molecule has 158 valence electrons. The molecule has 2 aliphatic heterocycles. The maximum Gasteiger partial charge on any atom is 0.207 e. The van der Waals surface area contributed by atoms with Crippen LogP contribution in [0.2, 0.25) is 0 Å². The number of aromatic nitrogens is 4. The molecule has 0 radical (unpaired) electrons. The van der Waals surface area contributed by atoms with E-state index >= 15 is 0 Å². The number of benzene rings is 1. The molecule has 0 amide bonds. The van der Waals surface area contributed by atoms with E-state index in [0.29, 0.717) is 0 Å². The number of anilines is 1. The van der Waals surface area contributed by atoms with Gasteiger partial charge < -0.3 is 25.0 Å². The Bertz CT molecular complexity index is 1020. The van der Waals surface area contributed by atoms with E-state index in [1.165, 1.54) is 12.1 Å². The minimum atomic E-state index is -3.92. The second kappa shape index (κ2) is 7.70. The number of sulfone groups is 1. The van der Waals surface area contributed by atoms with Crippen LogP contribution < -0.4 is 10.2 Å². The molecule has 1 aromatic heterocycles. The molecule has 3 atom stereocenters. The van der Waals surface area contributed by atoms with Gasteiger partial charge in [-0.25, -0.2) is 8.42 Å². The van der Waals surface area contributed by atoms with Crippen molar-refractivity contribution in [2.75, 3.05) is 31.1 Å². The van der Waals surface area contributed by atoms with Crippen LogP contribution in [0.15, 0.2) is 21.9 Å². The third-order valence-electron chi connectivity index (χ3n) is 5.07. The van der Waals surface area contributed by atoms with E-state index < -0.39 is 43.3 Å². The Morgan fingerprint density at radius 1 is 1.21 bits per heavy atom. The molecule has 1 aromatic carbocycles. The number of piperidine rings is 1. The van der Waals surface area contributed by atoms with Crippen molar-refractivity contribution >= 4 is 26.6 Å². The molecule has 0 saturated carbocycles. The first-order valence-electron chi connectivity index (χ1n) is 8.84. The summed E-state index contributed by atoms with van der Waals surface area (Å²) in [6.45, 7) is 0.727. The number of rotatable bonds is 5. The van der Waals surface area contributed by atoms with Gasteiger partial charge in [0.05, 0.1) is 32.8 Å². The molecule has 1 unspecified atom stereocenters. The summed E-state index contributed by atoms with van der Waals surface area (Å²) in [4.78, 5) is 0.798. The molecule has 2 fully saturated rings. The minimum Gasteiger partial charge on any atom is -0.768 e. The summed E-state index contributed by atoms with van der Waals surface area (Å²) in [5.74, 6) is -0.0995. The number of aliphatic hydroxyl groups is 2. The highest BCUT2D eigenvalue weighted by atomic mass is 32.2. The number of β-amino-alcohol motifs (C(OH)–C–C–N with tert-alkyl or cyclic N) is 2. The number of hydrogen-bond acceptors (Lipinski definition) is 11. The third kappa shape index (κ3) is 3.67. The van der Waals surface area contributed by atoms with Gasteiger partial charge in [-0.05, 0) is 28.4 Å². The highest BCUT2D eigenvalue weighted by Crippen LogP contribution is 2.39.